The van der Waals surface area contributed by atoms with Gasteiger partial charge in [0.15, 0.2) is 0 Å². The van der Waals surface area contributed by atoms with Gasteiger partial charge >= 0.3 is 0 Å². The average molecular weight is 204 g/mol. The standard InChI is InChI=1S/C11H9FN2O/c12-10-2-1-9(7-15)11(14-10)8-3-5-13-6-4-8/h1-6,15H,7H2. The normalized spacial score (nSPS) is 10.3. The number of hydrogen-bond donors (Lipinski definition) is 1. The second-order valence-electron chi connectivity index (χ2n) is 3.04. The molecule has 0 aromatic carbocycles. The van der Waals surface area contributed by atoms with Crippen molar-refractivity contribution in [2.24, 2.45) is 0 Å². The molecule has 0 spiro atoms. The summed E-state index contributed by atoms with van der Waals surface area (Å²) in [5, 5.41) is 9.09. The minimum absolute atomic E-state index is 0.162. The predicted molar refractivity (Wildman–Crippen MR) is 53.3 cm³/mol. The first-order valence-corrected chi connectivity index (χ1v) is 4.48. The molecule has 2 aromatic rings. The minimum atomic E-state index is -0.556. The van der Waals surface area contributed by atoms with Crippen LogP contribution in [-0.2, 0) is 6.61 Å². The van der Waals surface area contributed by atoms with Gasteiger partial charge in [-0.2, -0.15) is 4.39 Å². The molecule has 76 valence electrons. The SMILES string of the molecule is OCc1ccc(F)nc1-c1ccncc1. The molecular weight excluding hydrogens is 195 g/mol. The Balaban J connectivity index is 2.56. The van der Waals surface area contributed by atoms with Gasteiger partial charge in [-0.15, -0.1) is 0 Å². The van der Waals surface area contributed by atoms with Crippen LogP contribution in [0.15, 0.2) is 36.7 Å². The molecule has 0 saturated carbocycles. The van der Waals surface area contributed by atoms with Crippen molar-refractivity contribution in [2.75, 3.05) is 0 Å². The Labute approximate surface area is 86.3 Å². The van der Waals surface area contributed by atoms with Gasteiger partial charge < -0.3 is 5.11 Å². The number of aromatic nitrogens is 2. The van der Waals surface area contributed by atoms with E-state index < -0.39 is 5.95 Å². The van der Waals surface area contributed by atoms with E-state index in [1.54, 1.807) is 24.5 Å². The van der Waals surface area contributed by atoms with Crippen LogP contribution in [0.25, 0.3) is 11.3 Å². The maximum Gasteiger partial charge on any atom is 0.213 e. The number of aliphatic hydroxyl groups is 1. The molecule has 0 aliphatic rings. The van der Waals surface area contributed by atoms with Gasteiger partial charge in [0.1, 0.15) is 0 Å². The van der Waals surface area contributed by atoms with Gasteiger partial charge in [0.2, 0.25) is 5.95 Å². The molecular formula is C11H9FN2O. The summed E-state index contributed by atoms with van der Waals surface area (Å²) < 4.78 is 13.0. The number of halogens is 1. The maximum absolute atomic E-state index is 13.0. The van der Waals surface area contributed by atoms with Crippen molar-refractivity contribution in [3.8, 4) is 11.3 Å². The predicted octanol–water partition coefficient (Wildman–Crippen LogP) is 1.77. The number of nitrogens with zero attached hydrogens (tertiary/aromatic N) is 2. The molecule has 0 aliphatic heterocycles. The van der Waals surface area contributed by atoms with E-state index >= 15 is 0 Å². The van der Waals surface area contributed by atoms with Crippen LogP contribution in [0.1, 0.15) is 5.56 Å². The second-order valence-corrected chi connectivity index (χ2v) is 3.04. The minimum Gasteiger partial charge on any atom is -0.392 e. The summed E-state index contributed by atoms with van der Waals surface area (Å²) in [6.07, 6.45) is 3.20. The van der Waals surface area contributed by atoms with Crippen molar-refractivity contribution in [1.82, 2.24) is 9.97 Å². The van der Waals surface area contributed by atoms with E-state index in [9.17, 15) is 4.39 Å². The molecule has 3 nitrogen and oxygen atoms in total. The summed E-state index contributed by atoms with van der Waals surface area (Å²) in [4.78, 5) is 7.62. The Morgan fingerprint density at radius 2 is 1.87 bits per heavy atom. The lowest BCUT2D eigenvalue weighted by Gasteiger charge is -2.05. The van der Waals surface area contributed by atoms with Crippen LogP contribution in [0.2, 0.25) is 0 Å². The lowest BCUT2D eigenvalue weighted by Crippen LogP contribution is -1.95. The number of hydrogen-bond acceptors (Lipinski definition) is 3. The van der Waals surface area contributed by atoms with E-state index in [0.717, 1.165) is 5.56 Å². The highest BCUT2D eigenvalue weighted by Gasteiger charge is 2.07. The maximum atomic E-state index is 13.0. The number of aliphatic hydroxyl groups excluding tert-OH is 1. The van der Waals surface area contributed by atoms with Crippen molar-refractivity contribution < 1.29 is 9.50 Å². The Kier molecular flexibility index (Phi) is 2.69. The van der Waals surface area contributed by atoms with Gasteiger partial charge in [0.05, 0.1) is 12.3 Å². The zero-order chi connectivity index (χ0) is 10.7. The molecule has 2 heterocycles. The topological polar surface area (TPSA) is 46.0 Å². The van der Waals surface area contributed by atoms with Gasteiger partial charge in [-0.05, 0) is 18.2 Å². The van der Waals surface area contributed by atoms with Gasteiger partial charge in [-0.3, -0.25) is 4.98 Å². The van der Waals surface area contributed by atoms with Crippen molar-refractivity contribution in [2.45, 2.75) is 6.61 Å². The summed E-state index contributed by atoms with van der Waals surface area (Å²) in [5.74, 6) is -0.556. The molecule has 1 N–H and O–H groups in total. The average Bonchev–Trinajstić information content (AvgIpc) is 2.30. The zero-order valence-electron chi connectivity index (χ0n) is 7.89. The molecule has 2 aromatic heterocycles. The molecule has 0 bridgehead atoms. The first kappa shape index (κ1) is 9.73. The Morgan fingerprint density at radius 3 is 2.53 bits per heavy atom. The fourth-order valence-corrected chi connectivity index (χ4v) is 1.35. The highest BCUT2D eigenvalue weighted by molar-refractivity contribution is 5.61. The van der Waals surface area contributed by atoms with Crippen LogP contribution in [0.4, 0.5) is 4.39 Å². The van der Waals surface area contributed by atoms with Crippen LogP contribution in [-0.4, -0.2) is 15.1 Å². The third-order valence-electron chi connectivity index (χ3n) is 2.07. The molecule has 4 heteroatoms. The summed E-state index contributed by atoms with van der Waals surface area (Å²) in [7, 11) is 0. The van der Waals surface area contributed by atoms with Crippen LogP contribution in [0, 0.1) is 5.95 Å². The largest absolute Gasteiger partial charge is 0.392 e. The summed E-state index contributed by atoms with van der Waals surface area (Å²) in [5.41, 5.74) is 1.80. The van der Waals surface area contributed by atoms with E-state index in [4.69, 9.17) is 5.11 Å². The van der Waals surface area contributed by atoms with Crippen LogP contribution in [0.3, 0.4) is 0 Å². The lowest BCUT2D eigenvalue weighted by atomic mass is 10.1. The first-order valence-electron chi connectivity index (χ1n) is 4.48. The van der Waals surface area contributed by atoms with E-state index in [2.05, 4.69) is 9.97 Å². The fourth-order valence-electron chi connectivity index (χ4n) is 1.35. The summed E-state index contributed by atoms with van der Waals surface area (Å²) in [6.45, 7) is -0.162. The van der Waals surface area contributed by atoms with Crippen LogP contribution >= 0.6 is 0 Å². The molecule has 0 radical (unpaired) electrons. The quantitative estimate of drug-likeness (QED) is 0.758. The summed E-state index contributed by atoms with van der Waals surface area (Å²) in [6, 6.07) is 6.20. The number of pyridine rings is 2. The molecule has 15 heavy (non-hydrogen) atoms. The highest BCUT2D eigenvalue weighted by atomic mass is 19.1. The second kappa shape index (κ2) is 4.14. The molecule has 0 fully saturated rings. The molecule has 0 amide bonds. The van der Waals surface area contributed by atoms with Gasteiger partial charge in [-0.1, -0.05) is 6.07 Å². The van der Waals surface area contributed by atoms with Crippen molar-refractivity contribution in [3.63, 3.8) is 0 Å². The van der Waals surface area contributed by atoms with E-state index in [-0.39, 0.29) is 6.61 Å². The van der Waals surface area contributed by atoms with Gasteiger partial charge in [-0.25, -0.2) is 4.98 Å². The van der Waals surface area contributed by atoms with E-state index in [1.807, 2.05) is 0 Å². The molecule has 0 atom stereocenters. The van der Waals surface area contributed by atoms with Gasteiger partial charge in [0.25, 0.3) is 0 Å². The Morgan fingerprint density at radius 1 is 1.13 bits per heavy atom. The fraction of sp³-hybridized carbons (Fsp3) is 0.0909. The lowest BCUT2D eigenvalue weighted by molar-refractivity contribution is 0.281. The van der Waals surface area contributed by atoms with Gasteiger partial charge in [0, 0.05) is 23.5 Å². The van der Waals surface area contributed by atoms with Crippen molar-refractivity contribution in [1.29, 1.82) is 0 Å². The van der Waals surface area contributed by atoms with E-state index in [0.29, 0.717) is 11.3 Å². The van der Waals surface area contributed by atoms with Crippen molar-refractivity contribution >= 4 is 0 Å². The smallest absolute Gasteiger partial charge is 0.213 e. The molecule has 0 saturated heterocycles. The molecule has 2 rings (SSSR count). The van der Waals surface area contributed by atoms with Crippen molar-refractivity contribution in [3.05, 3.63) is 48.2 Å². The van der Waals surface area contributed by atoms with E-state index in [1.165, 1.54) is 12.1 Å². The monoisotopic (exact) mass is 204 g/mol. The highest BCUT2D eigenvalue weighted by Crippen LogP contribution is 2.20. The third-order valence-corrected chi connectivity index (χ3v) is 2.07. The number of rotatable bonds is 2. The Hall–Kier alpha value is -1.81. The first-order chi connectivity index (χ1) is 7.31. The molecule has 0 aliphatic carbocycles. The Bertz CT molecular complexity index is 459. The summed E-state index contributed by atoms with van der Waals surface area (Å²) >= 11 is 0. The zero-order valence-corrected chi connectivity index (χ0v) is 7.89. The third kappa shape index (κ3) is 1.99. The van der Waals surface area contributed by atoms with Crippen LogP contribution < -0.4 is 0 Å². The van der Waals surface area contributed by atoms with Crippen LogP contribution in [0.5, 0.6) is 0 Å². The molecule has 0 unspecified atom stereocenters.